The largest absolute Gasteiger partial charge is 0.443 e. The molecule has 1 N–H and O–H groups in total. The molecule has 1 amide bonds. The molecule has 0 heterocycles. The van der Waals surface area contributed by atoms with Crippen LogP contribution >= 0.6 is 0 Å². The molecule has 0 aliphatic heterocycles. The Bertz CT molecular complexity index is 1150. The van der Waals surface area contributed by atoms with Gasteiger partial charge in [0.2, 0.25) is 10.0 Å². The summed E-state index contributed by atoms with van der Waals surface area (Å²) in [6.45, 7) is 5.19. The van der Waals surface area contributed by atoms with Gasteiger partial charge in [-0.3, -0.25) is 9.62 Å². The summed E-state index contributed by atoms with van der Waals surface area (Å²) in [4.78, 5) is 13.5. The number of ether oxygens (including phenoxy) is 1. The average Bonchev–Trinajstić information content (AvgIpc) is 2.66. The second-order valence-electron chi connectivity index (χ2n) is 7.92. The standard InChI is InChI=1S/C20H27N3O6S2/c1-20(2,3)29-19(24)23(6)18-10-8-7-9-17(18)21-30(25,26)15-11-13-16(14-12-15)31(27,28)22(4)5/h7-14,21H,1-6H3. The van der Waals surface area contributed by atoms with Crippen molar-refractivity contribution in [2.75, 3.05) is 30.8 Å². The first-order valence-electron chi connectivity index (χ1n) is 9.26. The molecule has 0 fully saturated rings. The zero-order chi connectivity index (χ0) is 23.6. The number of hydrogen-bond acceptors (Lipinski definition) is 6. The molecule has 0 saturated heterocycles. The lowest BCUT2D eigenvalue weighted by molar-refractivity contribution is 0.0589. The minimum absolute atomic E-state index is 0.0264. The summed E-state index contributed by atoms with van der Waals surface area (Å²) in [5.41, 5.74) is -0.248. The van der Waals surface area contributed by atoms with E-state index >= 15 is 0 Å². The van der Waals surface area contributed by atoms with E-state index in [1.54, 1.807) is 39.0 Å². The Morgan fingerprint density at radius 3 is 1.90 bits per heavy atom. The summed E-state index contributed by atoms with van der Waals surface area (Å²) in [6, 6.07) is 11.2. The molecule has 11 heteroatoms. The molecule has 0 aromatic heterocycles. The zero-order valence-corrected chi connectivity index (χ0v) is 19.9. The second-order valence-corrected chi connectivity index (χ2v) is 11.8. The van der Waals surface area contributed by atoms with Crippen molar-refractivity contribution >= 4 is 37.5 Å². The number of carbonyl (C=O) groups excluding carboxylic acids is 1. The van der Waals surface area contributed by atoms with Crippen LogP contribution in [0.2, 0.25) is 0 Å². The minimum atomic E-state index is -4.05. The predicted molar refractivity (Wildman–Crippen MR) is 119 cm³/mol. The van der Waals surface area contributed by atoms with E-state index in [1.807, 2.05) is 0 Å². The molecule has 0 unspecified atom stereocenters. The van der Waals surface area contributed by atoms with Gasteiger partial charge >= 0.3 is 6.09 Å². The average molecular weight is 470 g/mol. The number of para-hydroxylation sites is 2. The van der Waals surface area contributed by atoms with Crippen LogP contribution in [0.3, 0.4) is 0 Å². The number of hydrogen-bond donors (Lipinski definition) is 1. The van der Waals surface area contributed by atoms with Crippen molar-refractivity contribution in [1.29, 1.82) is 0 Å². The molecule has 2 aromatic rings. The summed E-state index contributed by atoms with van der Waals surface area (Å²) in [5.74, 6) is 0. The Morgan fingerprint density at radius 2 is 1.39 bits per heavy atom. The normalized spacial score (nSPS) is 12.5. The van der Waals surface area contributed by atoms with Crippen LogP contribution in [0, 0.1) is 0 Å². The number of amides is 1. The van der Waals surface area contributed by atoms with Crippen LogP contribution in [0.5, 0.6) is 0 Å². The summed E-state index contributed by atoms with van der Waals surface area (Å²) in [6.07, 6.45) is -0.641. The van der Waals surface area contributed by atoms with Gasteiger partial charge in [-0.2, -0.15) is 0 Å². The van der Waals surface area contributed by atoms with Crippen molar-refractivity contribution in [3.63, 3.8) is 0 Å². The Balaban J connectivity index is 2.33. The van der Waals surface area contributed by atoms with Crippen LogP contribution in [-0.2, 0) is 24.8 Å². The van der Waals surface area contributed by atoms with Gasteiger partial charge in [-0.25, -0.2) is 25.9 Å². The molecule has 0 bridgehead atoms. The fourth-order valence-electron chi connectivity index (χ4n) is 2.49. The van der Waals surface area contributed by atoms with Crippen molar-refractivity contribution in [3.05, 3.63) is 48.5 Å². The highest BCUT2D eigenvalue weighted by Gasteiger charge is 2.24. The molecule has 0 radical (unpaired) electrons. The SMILES string of the molecule is CN(C(=O)OC(C)(C)C)c1ccccc1NS(=O)(=O)c1ccc(S(=O)(=O)N(C)C)cc1. The maximum atomic E-state index is 12.9. The lowest BCUT2D eigenvalue weighted by Crippen LogP contribution is -2.34. The van der Waals surface area contributed by atoms with Crippen molar-refractivity contribution in [1.82, 2.24) is 4.31 Å². The Kier molecular flexibility index (Phi) is 7.03. The number of nitrogens with one attached hydrogen (secondary N) is 1. The maximum Gasteiger partial charge on any atom is 0.414 e. The van der Waals surface area contributed by atoms with Gasteiger partial charge in [-0.15, -0.1) is 0 Å². The molecule has 0 saturated carbocycles. The predicted octanol–water partition coefficient (Wildman–Crippen LogP) is 3.11. The van der Waals surface area contributed by atoms with Gasteiger partial charge in [0.05, 0.1) is 21.2 Å². The summed E-state index contributed by atoms with van der Waals surface area (Å²) in [7, 11) is -3.48. The van der Waals surface area contributed by atoms with Gasteiger partial charge < -0.3 is 4.74 Å². The second kappa shape index (κ2) is 8.85. The maximum absolute atomic E-state index is 12.9. The Morgan fingerprint density at radius 1 is 0.871 bits per heavy atom. The van der Waals surface area contributed by atoms with Crippen LogP contribution < -0.4 is 9.62 Å². The third-order valence-electron chi connectivity index (χ3n) is 4.09. The van der Waals surface area contributed by atoms with E-state index in [0.29, 0.717) is 5.69 Å². The molecule has 170 valence electrons. The van der Waals surface area contributed by atoms with Gasteiger partial charge in [-0.1, -0.05) is 12.1 Å². The molecule has 0 aliphatic rings. The number of anilines is 2. The van der Waals surface area contributed by atoms with E-state index in [4.69, 9.17) is 4.74 Å². The molecular weight excluding hydrogens is 442 g/mol. The van der Waals surface area contributed by atoms with Gasteiger partial charge in [-0.05, 0) is 57.2 Å². The van der Waals surface area contributed by atoms with Crippen LogP contribution in [0.25, 0.3) is 0 Å². The van der Waals surface area contributed by atoms with Crippen molar-refractivity contribution in [2.45, 2.75) is 36.2 Å². The van der Waals surface area contributed by atoms with E-state index in [0.717, 1.165) is 4.31 Å². The molecule has 0 spiro atoms. The number of nitrogens with zero attached hydrogens (tertiary/aromatic N) is 2. The Hall–Kier alpha value is -2.63. The van der Waals surface area contributed by atoms with E-state index in [9.17, 15) is 21.6 Å². The lowest BCUT2D eigenvalue weighted by atomic mass is 10.2. The molecular formula is C20H27N3O6S2. The number of benzene rings is 2. The molecule has 0 aliphatic carbocycles. The monoisotopic (exact) mass is 469 g/mol. The van der Waals surface area contributed by atoms with E-state index < -0.39 is 31.7 Å². The highest BCUT2D eigenvalue weighted by molar-refractivity contribution is 7.92. The highest BCUT2D eigenvalue weighted by atomic mass is 32.2. The lowest BCUT2D eigenvalue weighted by Gasteiger charge is -2.26. The number of carbonyl (C=O) groups is 1. The Labute approximate surface area is 183 Å². The van der Waals surface area contributed by atoms with Crippen LogP contribution in [0.1, 0.15) is 20.8 Å². The zero-order valence-electron chi connectivity index (χ0n) is 18.3. The fraction of sp³-hybridized carbons (Fsp3) is 0.350. The molecule has 0 atom stereocenters. The summed E-state index contributed by atoms with van der Waals surface area (Å²) >= 11 is 0. The highest BCUT2D eigenvalue weighted by Crippen LogP contribution is 2.28. The van der Waals surface area contributed by atoms with Gasteiger partial charge in [0.1, 0.15) is 5.60 Å². The van der Waals surface area contributed by atoms with Crippen molar-refractivity contribution < 1.29 is 26.4 Å². The summed E-state index contributed by atoms with van der Waals surface area (Å²) in [5, 5.41) is 0. The molecule has 2 aromatic carbocycles. The topological polar surface area (TPSA) is 113 Å². The van der Waals surface area contributed by atoms with Crippen molar-refractivity contribution in [2.24, 2.45) is 0 Å². The third-order valence-corrected chi connectivity index (χ3v) is 7.30. The van der Waals surface area contributed by atoms with Gasteiger partial charge in [0, 0.05) is 21.1 Å². The van der Waals surface area contributed by atoms with E-state index in [1.165, 1.54) is 56.4 Å². The van der Waals surface area contributed by atoms with Gasteiger partial charge in [0.25, 0.3) is 10.0 Å². The first-order valence-corrected chi connectivity index (χ1v) is 12.2. The smallest absolute Gasteiger partial charge is 0.414 e. The first kappa shape index (κ1) is 24.6. The van der Waals surface area contributed by atoms with E-state index in [-0.39, 0.29) is 15.5 Å². The molecule has 31 heavy (non-hydrogen) atoms. The van der Waals surface area contributed by atoms with Crippen LogP contribution in [0.4, 0.5) is 16.2 Å². The molecule has 2 rings (SSSR count). The molecule has 9 nitrogen and oxygen atoms in total. The van der Waals surface area contributed by atoms with E-state index in [2.05, 4.69) is 4.72 Å². The van der Waals surface area contributed by atoms with Gasteiger partial charge in [0.15, 0.2) is 0 Å². The summed E-state index contributed by atoms with van der Waals surface area (Å²) < 4.78 is 58.9. The fourth-order valence-corrected chi connectivity index (χ4v) is 4.46. The quantitative estimate of drug-likeness (QED) is 0.696. The number of rotatable bonds is 6. The first-order chi connectivity index (χ1) is 14.1. The minimum Gasteiger partial charge on any atom is -0.443 e. The van der Waals surface area contributed by atoms with Crippen LogP contribution in [0.15, 0.2) is 58.3 Å². The number of sulfonamides is 2. The van der Waals surface area contributed by atoms with Crippen LogP contribution in [-0.4, -0.2) is 54.0 Å². The van der Waals surface area contributed by atoms with Crippen molar-refractivity contribution in [3.8, 4) is 0 Å². The third kappa shape index (κ3) is 5.96.